The van der Waals surface area contributed by atoms with Crippen LogP contribution in [0.5, 0.6) is 11.5 Å². The molecule has 0 atom stereocenters. The van der Waals surface area contributed by atoms with Crippen LogP contribution >= 0.6 is 0 Å². The smallest absolute Gasteiger partial charge is 0.154 e. The summed E-state index contributed by atoms with van der Waals surface area (Å²) in [6, 6.07) is 10.6. The number of rotatable bonds is 2. The molecule has 2 aromatic rings. The van der Waals surface area contributed by atoms with Gasteiger partial charge in [-0.3, -0.25) is 0 Å². The van der Waals surface area contributed by atoms with Gasteiger partial charge in [0.2, 0.25) is 0 Å². The Labute approximate surface area is 166 Å². The summed E-state index contributed by atoms with van der Waals surface area (Å²) >= 11 is 0. The predicted octanol–water partition coefficient (Wildman–Crippen LogP) is 2.33. The molecule has 2 aromatic carbocycles. The summed E-state index contributed by atoms with van der Waals surface area (Å²) in [5, 5.41) is 0. The van der Waals surface area contributed by atoms with Crippen LogP contribution in [0.2, 0.25) is 0 Å². The van der Waals surface area contributed by atoms with Crippen molar-refractivity contribution in [2.24, 2.45) is 0 Å². The lowest BCUT2D eigenvalue weighted by Gasteiger charge is -2.16. The molecular formula is C20H24O6S2. The van der Waals surface area contributed by atoms with Crippen molar-refractivity contribution in [2.75, 3.05) is 25.7 Å². The SMILES string of the molecule is COc1cc2c(OC)cc1CS(=O)(=O)CCc1ccc(cc1)CCS(=O)(=O)C2. The summed E-state index contributed by atoms with van der Waals surface area (Å²) < 4.78 is 61.3. The number of benzene rings is 2. The van der Waals surface area contributed by atoms with E-state index in [-0.39, 0.29) is 23.0 Å². The highest BCUT2D eigenvalue weighted by molar-refractivity contribution is 7.90. The van der Waals surface area contributed by atoms with Crippen molar-refractivity contribution in [1.29, 1.82) is 0 Å². The first-order chi connectivity index (χ1) is 13.2. The normalized spacial score (nSPS) is 18.6. The Balaban J connectivity index is 2.08. The molecule has 0 N–H and O–H groups in total. The molecule has 0 saturated carbocycles. The largest absolute Gasteiger partial charge is 0.496 e. The molecule has 0 saturated heterocycles. The van der Waals surface area contributed by atoms with Gasteiger partial charge in [-0.1, -0.05) is 24.3 Å². The fourth-order valence-electron chi connectivity index (χ4n) is 3.29. The first-order valence-corrected chi connectivity index (χ1v) is 12.6. The maximum absolute atomic E-state index is 12.6. The van der Waals surface area contributed by atoms with E-state index < -0.39 is 19.7 Å². The van der Waals surface area contributed by atoms with Gasteiger partial charge in [-0.05, 0) is 36.1 Å². The Kier molecular flexibility index (Phi) is 6.00. The lowest BCUT2D eigenvalue weighted by molar-refractivity contribution is 0.397. The number of methoxy groups -OCH3 is 2. The molecule has 0 unspecified atom stereocenters. The molecule has 28 heavy (non-hydrogen) atoms. The number of ether oxygens (including phenoxy) is 2. The van der Waals surface area contributed by atoms with Gasteiger partial charge in [-0.15, -0.1) is 0 Å². The number of sulfone groups is 2. The van der Waals surface area contributed by atoms with E-state index in [0.717, 1.165) is 11.1 Å². The van der Waals surface area contributed by atoms with E-state index in [0.29, 0.717) is 35.5 Å². The minimum atomic E-state index is -3.39. The Morgan fingerprint density at radius 3 is 1.36 bits per heavy atom. The molecule has 152 valence electrons. The second-order valence-electron chi connectivity index (χ2n) is 6.98. The van der Waals surface area contributed by atoms with Crippen LogP contribution < -0.4 is 9.47 Å². The van der Waals surface area contributed by atoms with Gasteiger partial charge in [0, 0.05) is 11.1 Å². The Morgan fingerprint density at radius 1 is 0.679 bits per heavy atom. The quantitative estimate of drug-likeness (QED) is 0.735. The van der Waals surface area contributed by atoms with Gasteiger partial charge in [0.05, 0.1) is 37.2 Å². The van der Waals surface area contributed by atoms with E-state index in [1.165, 1.54) is 14.2 Å². The first kappa shape index (κ1) is 20.7. The molecule has 0 spiro atoms. The Bertz CT molecular complexity index is 968. The number of hydrogen-bond donors (Lipinski definition) is 0. The fourth-order valence-corrected chi connectivity index (χ4v) is 6.07. The lowest BCUT2D eigenvalue weighted by atomic mass is 10.1. The second kappa shape index (κ2) is 8.13. The maximum atomic E-state index is 12.6. The zero-order valence-corrected chi connectivity index (χ0v) is 17.6. The molecule has 0 radical (unpaired) electrons. The summed E-state index contributed by atoms with van der Waals surface area (Å²) in [7, 11) is -3.90. The monoisotopic (exact) mass is 424 g/mol. The molecule has 4 bridgehead atoms. The van der Waals surface area contributed by atoms with Crippen molar-refractivity contribution < 1.29 is 26.3 Å². The van der Waals surface area contributed by atoms with Gasteiger partial charge in [-0.25, -0.2) is 16.8 Å². The molecule has 4 heterocycles. The lowest BCUT2D eigenvalue weighted by Crippen LogP contribution is -2.15. The molecule has 0 fully saturated rings. The van der Waals surface area contributed by atoms with E-state index >= 15 is 0 Å². The fraction of sp³-hybridized carbons (Fsp3) is 0.400. The van der Waals surface area contributed by atoms with Gasteiger partial charge in [-0.2, -0.15) is 0 Å². The summed E-state index contributed by atoms with van der Waals surface area (Å²) in [6.45, 7) is 0. The number of aryl methyl sites for hydroxylation is 2. The first-order valence-electron chi connectivity index (χ1n) is 8.94. The minimum absolute atomic E-state index is 0.0218. The minimum Gasteiger partial charge on any atom is -0.496 e. The molecule has 6 rings (SSSR count). The Morgan fingerprint density at radius 2 is 1.04 bits per heavy atom. The van der Waals surface area contributed by atoms with E-state index in [9.17, 15) is 16.8 Å². The van der Waals surface area contributed by atoms with E-state index in [1.54, 1.807) is 12.1 Å². The molecule has 6 nitrogen and oxygen atoms in total. The molecule has 0 aromatic heterocycles. The zero-order valence-electron chi connectivity index (χ0n) is 16.0. The van der Waals surface area contributed by atoms with Crippen molar-refractivity contribution in [1.82, 2.24) is 0 Å². The summed E-state index contributed by atoms with van der Waals surface area (Å²) in [4.78, 5) is 0. The van der Waals surface area contributed by atoms with E-state index in [1.807, 2.05) is 24.3 Å². The van der Waals surface area contributed by atoms with Crippen LogP contribution in [0, 0.1) is 0 Å². The predicted molar refractivity (Wildman–Crippen MR) is 108 cm³/mol. The van der Waals surface area contributed by atoms with Gasteiger partial charge < -0.3 is 9.47 Å². The van der Waals surface area contributed by atoms with Crippen LogP contribution in [0.15, 0.2) is 36.4 Å². The van der Waals surface area contributed by atoms with Crippen molar-refractivity contribution in [2.45, 2.75) is 24.3 Å². The van der Waals surface area contributed by atoms with Crippen molar-refractivity contribution in [3.8, 4) is 11.5 Å². The average molecular weight is 425 g/mol. The van der Waals surface area contributed by atoms with Crippen LogP contribution in [0.3, 0.4) is 0 Å². The van der Waals surface area contributed by atoms with Crippen molar-refractivity contribution >= 4 is 19.7 Å². The summed E-state index contributed by atoms with van der Waals surface area (Å²) in [6.07, 6.45) is 0.802. The summed E-state index contributed by atoms with van der Waals surface area (Å²) in [5.41, 5.74) is 2.73. The van der Waals surface area contributed by atoms with Crippen molar-refractivity contribution in [3.63, 3.8) is 0 Å². The van der Waals surface area contributed by atoms with Gasteiger partial charge in [0.1, 0.15) is 11.5 Å². The molecule has 4 aliphatic heterocycles. The van der Waals surface area contributed by atoms with Crippen LogP contribution in [-0.2, 0) is 44.0 Å². The Hall–Kier alpha value is -2.06. The van der Waals surface area contributed by atoms with Crippen LogP contribution in [0.25, 0.3) is 0 Å². The third-order valence-electron chi connectivity index (χ3n) is 4.86. The van der Waals surface area contributed by atoms with Crippen LogP contribution in [-0.4, -0.2) is 42.6 Å². The highest BCUT2D eigenvalue weighted by Gasteiger charge is 2.22. The zero-order chi connectivity index (χ0) is 20.4. The third kappa shape index (κ3) is 5.05. The van der Waals surface area contributed by atoms with Crippen molar-refractivity contribution in [3.05, 3.63) is 58.7 Å². The van der Waals surface area contributed by atoms with Gasteiger partial charge >= 0.3 is 0 Å². The van der Waals surface area contributed by atoms with E-state index in [4.69, 9.17) is 9.47 Å². The second-order valence-corrected chi connectivity index (χ2v) is 11.3. The maximum Gasteiger partial charge on any atom is 0.154 e. The van der Waals surface area contributed by atoms with E-state index in [2.05, 4.69) is 0 Å². The number of hydrogen-bond acceptors (Lipinski definition) is 6. The highest BCUT2D eigenvalue weighted by atomic mass is 32.2. The van der Waals surface area contributed by atoms with Gasteiger partial charge in [0.15, 0.2) is 19.7 Å². The molecule has 0 aliphatic carbocycles. The van der Waals surface area contributed by atoms with Gasteiger partial charge in [0.25, 0.3) is 0 Å². The average Bonchev–Trinajstić information content (AvgIpc) is 2.65. The van der Waals surface area contributed by atoms with Crippen LogP contribution in [0.1, 0.15) is 22.3 Å². The summed E-state index contributed by atoms with van der Waals surface area (Å²) in [5.74, 6) is 0.354. The van der Waals surface area contributed by atoms with Crippen LogP contribution in [0.4, 0.5) is 0 Å². The third-order valence-corrected chi connectivity index (χ3v) is 8.01. The standard InChI is InChI=1S/C20H24O6S2/c1-25-19-11-18-14-28(23,24)10-8-16-5-3-15(4-6-16)7-9-27(21,22)13-17(19)12-20(18)26-2/h3-6,11-12H,7-10,13-14H2,1-2H3. The molecule has 4 aliphatic rings. The topological polar surface area (TPSA) is 86.7 Å². The molecule has 8 heteroatoms. The highest BCUT2D eigenvalue weighted by Crippen LogP contribution is 2.32. The molecular weight excluding hydrogens is 400 g/mol. The molecule has 0 amide bonds.